The van der Waals surface area contributed by atoms with Crippen LogP contribution in [0.3, 0.4) is 0 Å². The predicted molar refractivity (Wildman–Crippen MR) is 126 cm³/mol. The Morgan fingerprint density at radius 1 is 0.909 bits per heavy atom. The van der Waals surface area contributed by atoms with Gasteiger partial charge in [-0.25, -0.2) is 12.8 Å². The van der Waals surface area contributed by atoms with Gasteiger partial charge in [-0.3, -0.25) is 4.79 Å². The van der Waals surface area contributed by atoms with Crippen molar-refractivity contribution in [3.05, 3.63) is 83.0 Å². The Hall–Kier alpha value is -2.75. The maximum absolute atomic E-state index is 14.2. The van der Waals surface area contributed by atoms with Gasteiger partial charge in [-0.05, 0) is 41.1 Å². The molecule has 1 fully saturated rings. The van der Waals surface area contributed by atoms with Gasteiger partial charge in [-0.1, -0.05) is 42.5 Å². The Bertz CT molecular complexity index is 1260. The monoisotopic (exact) mass is 485 g/mol. The second-order valence-corrected chi connectivity index (χ2v) is 11.3. The topological polar surface area (TPSA) is 60.9 Å². The molecule has 0 radical (unpaired) electrons. The van der Waals surface area contributed by atoms with Crippen LogP contribution >= 0.6 is 11.3 Å². The molecule has 0 aliphatic carbocycles. The summed E-state index contributed by atoms with van der Waals surface area (Å²) in [7, 11) is -3.81. The van der Waals surface area contributed by atoms with Gasteiger partial charge in [0, 0.05) is 32.7 Å². The first-order valence-electron chi connectivity index (χ1n) is 10.9. The summed E-state index contributed by atoms with van der Waals surface area (Å²) in [5.41, 5.74) is 2.45. The van der Waals surface area contributed by atoms with Crippen LogP contribution in [0.1, 0.15) is 11.1 Å². The maximum Gasteiger partial charge on any atom is 0.253 e. The first-order valence-corrected chi connectivity index (χ1v) is 13.2. The van der Waals surface area contributed by atoms with Crippen LogP contribution in [0.2, 0.25) is 0 Å². The van der Waals surface area contributed by atoms with E-state index in [4.69, 9.17) is 0 Å². The molecule has 0 spiro atoms. The van der Waals surface area contributed by atoms with Crippen LogP contribution in [-0.4, -0.2) is 55.8 Å². The Labute approximate surface area is 196 Å². The molecule has 5 rings (SSSR count). The van der Waals surface area contributed by atoms with Crippen LogP contribution in [-0.2, 0) is 27.8 Å². The number of hydrogen-bond donors (Lipinski definition) is 0. The van der Waals surface area contributed by atoms with Gasteiger partial charge in [0.05, 0.1) is 5.69 Å². The molecule has 3 heterocycles. The van der Waals surface area contributed by atoms with E-state index in [1.807, 2.05) is 29.2 Å². The van der Waals surface area contributed by atoms with Crippen molar-refractivity contribution >= 4 is 33.0 Å². The molecule has 172 valence electrons. The number of para-hydroxylation sites is 1. The summed E-state index contributed by atoms with van der Waals surface area (Å²) in [6, 6.07) is 16.8. The number of thiophene rings is 1. The SMILES string of the molecule is O=C([C@@H]1Cc2ccccc2CN1S(=O)(=O)c1cccs1)N1CCN(c2ccccc2F)CC1. The van der Waals surface area contributed by atoms with E-state index in [2.05, 4.69) is 0 Å². The zero-order chi connectivity index (χ0) is 23.0. The highest BCUT2D eigenvalue weighted by atomic mass is 32.2. The zero-order valence-corrected chi connectivity index (χ0v) is 19.6. The molecule has 1 atom stereocenters. The first-order chi connectivity index (χ1) is 15.9. The van der Waals surface area contributed by atoms with E-state index in [1.165, 1.54) is 10.4 Å². The molecule has 0 unspecified atom stereocenters. The Kier molecular flexibility index (Phi) is 5.94. The number of rotatable bonds is 4. The van der Waals surface area contributed by atoms with Crippen molar-refractivity contribution in [2.45, 2.75) is 23.2 Å². The fraction of sp³-hybridized carbons (Fsp3) is 0.292. The van der Waals surface area contributed by atoms with Gasteiger partial charge in [0.15, 0.2) is 0 Å². The number of anilines is 1. The van der Waals surface area contributed by atoms with Gasteiger partial charge in [0.1, 0.15) is 16.1 Å². The summed E-state index contributed by atoms with van der Waals surface area (Å²) in [6.45, 7) is 1.99. The molecule has 1 amide bonds. The molecule has 6 nitrogen and oxygen atoms in total. The Morgan fingerprint density at radius 2 is 1.61 bits per heavy atom. The lowest BCUT2D eigenvalue weighted by Crippen LogP contribution is -2.57. The Morgan fingerprint density at radius 3 is 2.30 bits per heavy atom. The lowest BCUT2D eigenvalue weighted by atomic mass is 9.95. The van der Waals surface area contributed by atoms with Crippen LogP contribution in [0.25, 0.3) is 0 Å². The largest absolute Gasteiger partial charge is 0.366 e. The average molecular weight is 486 g/mol. The number of benzene rings is 2. The number of hydrogen-bond acceptors (Lipinski definition) is 5. The molecule has 0 saturated carbocycles. The van der Waals surface area contributed by atoms with Gasteiger partial charge in [0.2, 0.25) is 5.91 Å². The van der Waals surface area contributed by atoms with Crippen LogP contribution in [0.15, 0.2) is 70.3 Å². The second-order valence-electron chi connectivity index (χ2n) is 8.23. The Balaban J connectivity index is 1.39. The summed E-state index contributed by atoms with van der Waals surface area (Å²) >= 11 is 1.16. The molecule has 0 bridgehead atoms. The summed E-state index contributed by atoms with van der Waals surface area (Å²) in [6.07, 6.45) is 0.340. The van der Waals surface area contributed by atoms with E-state index in [9.17, 15) is 17.6 Å². The van der Waals surface area contributed by atoms with Crippen LogP contribution < -0.4 is 4.90 Å². The molecule has 0 N–H and O–H groups in total. The van der Waals surface area contributed by atoms with Gasteiger partial charge in [0.25, 0.3) is 10.0 Å². The molecule has 2 aliphatic rings. The summed E-state index contributed by atoms with van der Waals surface area (Å²) in [5, 5.41) is 1.73. The average Bonchev–Trinajstić information content (AvgIpc) is 3.39. The number of carbonyl (C=O) groups excluding carboxylic acids is 1. The summed E-state index contributed by atoms with van der Waals surface area (Å²) < 4.78 is 42.7. The normalized spacial score (nSPS) is 19.4. The number of nitrogens with zero attached hydrogens (tertiary/aromatic N) is 3. The van der Waals surface area contributed by atoms with Gasteiger partial charge < -0.3 is 9.80 Å². The molecule has 33 heavy (non-hydrogen) atoms. The van der Waals surface area contributed by atoms with Crippen LogP contribution in [0.4, 0.5) is 10.1 Å². The molecule has 3 aromatic rings. The number of fused-ring (bicyclic) bond motifs is 1. The van der Waals surface area contributed by atoms with Crippen LogP contribution in [0, 0.1) is 5.82 Å². The van der Waals surface area contributed by atoms with Crippen molar-refractivity contribution in [1.29, 1.82) is 0 Å². The van der Waals surface area contributed by atoms with Gasteiger partial charge in [-0.2, -0.15) is 4.31 Å². The number of sulfonamides is 1. The summed E-state index contributed by atoms with van der Waals surface area (Å²) in [4.78, 5) is 17.3. The minimum atomic E-state index is -3.81. The number of carbonyl (C=O) groups is 1. The van der Waals surface area contributed by atoms with Crippen LogP contribution in [0.5, 0.6) is 0 Å². The molecular formula is C24H24FN3O3S2. The predicted octanol–water partition coefficient (Wildman–Crippen LogP) is 3.35. The fourth-order valence-electron chi connectivity index (χ4n) is 4.57. The third-order valence-electron chi connectivity index (χ3n) is 6.33. The first kappa shape index (κ1) is 22.1. The molecule has 9 heteroatoms. The number of halogens is 1. The summed E-state index contributed by atoms with van der Waals surface area (Å²) in [5.74, 6) is -0.479. The third-order valence-corrected chi connectivity index (χ3v) is 9.56. The van der Waals surface area contributed by atoms with Gasteiger partial charge in [-0.15, -0.1) is 11.3 Å². The van der Waals surface area contributed by atoms with E-state index in [-0.39, 0.29) is 22.5 Å². The van der Waals surface area contributed by atoms with Crippen molar-refractivity contribution in [2.24, 2.45) is 0 Å². The highest BCUT2D eigenvalue weighted by Gasteiger charge is 2.42. The smallest absolute Gasteiger partial charge is 0.253 e. The number of amides is 1. The van der Waals surface area contributed by atoms with E-state index in [0.29, 0.717) is 38.3 Å². The lowest BCUT2D eigenvalue weighted by molar-refractivity contribution is -0.136. The molecule has 1 saturated heterocycles. The molecule has 2 aromatic carbocycles. The van der Waals surface area contributed by atoms with E-state index in [1.54, 1.807) is 40.6 Å². The molecular weight excluding hydrogens is 461 g/mol. The fourth-order valence-corrected chi connectivity index (χ4v) is 7.25. The quantitative estimate of drug-likeness (QED) is 0.569. The lowest BCUT2D eigenvalue weighted by Gasteiger charge is -2.41. The van der Waals surface area contributed by atoms with Crippen molar-refractivity contribution in [2.75, 3.05) is 31.1 Å². The minimum Gasteiger partial charge on any atom is -0.366 e. The minimum absolute atomic E-state index is 0.169. The zero-order valence-electron chi connectivity index (χ0n) is 17.9. The van der Waals surface area contributed by atoms with E-state index >= 15 is 0 Å². The maximum atomic E-state index is 14.2. The van der Waals surface area contributed by atoms with Crippen molar-refractivity contribution < 1.29 is 17.6 Å². The van der Waals surface area contributed by atoms with E-state index < -0.39 is 16.1 Å². The molecule has 2 aliphatic heterocycles. The highest BCUT2D eigenvalue weighted by molar-refractivity contribution is 7.91. The third kappa shape index (κ3) is 4.16. The van der Waals surface area contributed by atoms with Crippen molar-refractivity contribution in [3.63, 3.8) is 0 Å². The van der Waals surface area contributed by atoms with Crippen molar-refractivity contribution in [3.8, 4) is 0 Å². The van der Waals surface area contributed by atoms with Crippen molar-refractivity contribution in [1.82, 2.24) is 9.21 Å². The standard InChI is InChI=1S/C24H24FN3O3S2/c25-20-8-3-4-9-21(20)26-11-13-27(14-12-26)24(29)22-16-18-6-1-2-7-19(18)17-28(22)33(30,31)23-10-5-15-32-23/h1-10,15,22H,11-14,16-17H2/t22-/m0/s1. The second kappa shape index (κ2) is 8.89. The van der Waals surface area contributed by atoms with Gasteiger partial charge >= 0.3 is 0 Å². The van der Waals surface area contributed by atoms with E-state index in [0.717, 1.165) is 22.5 Å². The highest BCUT2D eigenvalue weighted by Crippen LogP contribution is 2.32. The number of piperazine rings is 1. The molecule has 1 aromatic heterocycles.